The Morgan fingerprint density at radius 1 is 1.19 bits per heavy atom. The van der Waals surface area contributed by atoms with Crippen molar-refractivity contribution in [2.75, 3.05) is 0 Å². The van der Waals surface area contributed by atoms with Crippen LogP contribution < -0.4 is 0 Å². The molecule has 2 heterocycles. The van der Waals surface area contributed by atoms with E-state index in [0.29, 0.717) is 24.6 Å². The highest BCUT2D eigenvalue weighted by atomic mass is 32.1. The van der Waals surface area contributed by atoms with Crippen molar-refractivity contribution in [1.29, 1.82) is 0 Å². The van der Waals surface area contributed by atoms with Crippen molar-refractivity contribution in [3.8, 4) is 0 Å². The van der Waals surface area contributed by atoms with Crippen LogP contribution in [0.15, 0.2) is 59.4 Å². The second kappa shape index (κ2) is 10.6. The lowest BCUT2D eigenvalue weighted by Crippen LogP contribution is -2.31. The topological polar surface area (TPSA) is 36.6 Å². The third kappa shape index (κ3) is 6.20. The molecule has 3 nitrogen and oxygen atoms in total. The van der Waals surface area contributed by atoms with Crippen LogP contribution in [0, 0.1) is 0 Å². The third-order valence-electron chi connectivity index (χ3n) is 5.16. The lowest BCUT2D eigenvalue weighted by molar-refractivity contribution is -0.00238. The van der Waals surface area contributed by atoms with Crippen LogP contribution in [0.4, 0.5) is 0 Å². The van der Waals surface area contributed by atoms with E-state index in [1.807, 2.05) is 24.3 Å². The number of thiophene rings is 1. The summed E-state index contributed by atoms with van der Waals surface area (Å²) in [6.07, 6.45) is 7.50. The van der Waals surface area contributed by atoms with Crippen molar-refractivity contribution in [3.05, 3.63) is 71.4 Å². The van der Waals surface area contributed by atoms with Gasteiger partial charge in [0, 0.05) is 17.5 Å². The van der Waals surface area contributed by atoms with Crippen molar-refractivity contribution >= 4 is 11.3 Å². The van der Waals surface area contributed by atoms with E-state index in [2.05, 4.69) is 49.4 Å². The van der Waals surface area contributed by atoms with Gasteiger partial charge in [-0.05, 0) is 62.6 Å². The van der Waals surface area contributed by atoms with Crippen molar-refractivity contribution in [2.24, 2.45) is 0 Å². The minimum absolute atomic E-state index is 0.459. The van der Waals surface area contributed by atoms with Gasteiger partial charge in [0.25, 0.3) is 0 Å². The predicted molar refractivity (Wildman–Crippen MR) is 115 cm³/mol. The molecule has 0 spiro atoms. The van der Waals surface area contributed by atoms with Gasteiger partial charge in [0.15, 0.2) is 0 Å². The van der Waals surface area contributed by atoms with Crippen LogP contribution in [-0.2, 0) is 18.7 Å². The van der Waals surface area contributed by atoms with Gasteiger partial charge in [0.1, 0.15) is 17.1 Å². The van der Waals surface area contributed by atoms with Gasteiger partial charge in [-0.2, -0.15) is 0 Å². The fourth-order valence-electron chi connectivity index (χ4n) is 3.19. The van der Waals surface area contributed by atoms with Crippen molar-refractivity contribution in [1.82, 2.24) is 4.90 Å². The highest BCUT2D eigenvalue weighted by molar-refractivity contribution is 7.09. The molecule has 1 N–H and O–H groups in total. The van der Waals surface area contributed by atoms with Gasteiger partial charge in [-0.3, -0.25) is 4.90 Å². The number of rotatable bonds is 13. The van der Waals surface area contributed by atoms with E-state index in [0.717, 1.165) is 38.1 Å². The maximum atomic E-state index is 11.2. The van der Waals surface area contributed by atoms with E-state index in [4.69, 9.17) is 4.42 Å². The van der Waals surface area contributed by atoms with E-state index in [9.17, 15) is 5.11 Å². The zero-order valence-electron chi connectivity index (χ0n) is 16.7. The van der Waals surface area contributed by atoms with Crippen LogP contribution in [-0.4, -0.2) is 16.0 Å². The van der Waals surface area contributed by atoms with Crippen LogP contribution in [0.25, 0.3) is 0 Å². The molecule has 4 heteroatoms. The van der Waals surface area contributed by atoms with Crippen LogP contribution in [0.3, 0.4) is 0 Å². The summed E-state index contributed by atoms with van der Waals surface area (Å²) in [5, 5.41) is 13.3. The molecule has 0 saturated heterocycles. The summed E-state index contributed by atoms with van der Waals surface area (Å²) in [6.45, 7) is 13.7. The lowest BCUT2D eigenvalue weighted by Gasteiger charge is -2.27. The molecule has 0 aromatic carbocycles. The largest absolute Gasteiger partial charge is 0.462 e. The van der Waals surface area contributed by atoms with Gasteiger partial charge in [-0.1, -0.05) is 25.1 Å². The molecule has 0 bridgehead atoms. The summed E-state index contributed by atoms with van der Waals surface area (Å²) in [7, 11) is 0. The van der Waals surface area contributed by atoms with E-state index in [-0.39, 0.29) is 0 Å². The van der Waals surface area contributed by atoms with Gasteiger partial charge >= 0.3 is 0 Å². The van der Waals surface area contributed by atoms with Gasteiger partial charge in [0.05, 0.1) is 6.54 Å². The van der Waals surface area contributed by atoms with Gasteiger partial charge in [-0.15, -0.1) is 24.5 Å². The second-order valence-electron chi connectivity index (χ2n) is 7.19. The molecule has 0 amide bonds. The van der Waals surface area contributed by atoms with Gasteiger partial charge < -0.3 is 9.52 Å². The highest BCUT2D eigenvalue weighted by Gasteiger charge is 2.31. The van der Waals surface area contributed by atoms with Crippen molar-refractivity contribution < 1.29 is 9.52 Å². The van der Waals surface area contributed by atoms with Gasteiger partial charge in [-0.25, -0.2) is 0 Å². The number of allylic oxidation sites excluding steroid dienone is 2. The summed E-state index contributed by atoms with van der Waals surface area (Å²) >= 11 is 1.79. The smallest absolute Gasteiger partial charge is 0.135 e. The molecule has 1 atom stereocenters. The molecule has 0 aliphatic heterocycles. The lowest BCUT2D eigenvalue weighted by atomic mass is 9.89. The molecule has 2 rings (SSSR count). The standard InChI is InChI=1S/C23H33NO2S/c1-5-8-14-23(25,15-9-6-2)22-13-12-20(26-22)17-24(19(4)7-3)18-21-11-10-16-27-21/h5-6,10-13,16,19,25H,1-2,7-9,14-15,17-18H2,3-4H3. The summed E-state index contributed by atoms with van der Waals surface area (Å²) < 4.78 is 6.13. The van der Waals surface area contributed by atoms with E-state index in [1.165, 1.54) is 4.88 Å². The monoisotopic (exact) mass is 387 g/mol. The number of aliphatic hydroxyl groups is 1. The molecule has 0 aliphatic carbocycles. The first-order chi connectivity index (χ1) is 13.0. The fraction of sp³-hybridized carbons (Fsp3) is 0.478. The average Bonchev–Trinajstić information content (AvgIpc) is 3.36. The first-order valence-corrected chi connectivity index (χ1v) is 10.7. The van der Waals surface area contributed by atoms with Crippen molar-refractivity contribution in [3.63, 3.8) is 0 Å². The molecule has 0 aliphatic rings. The molecule has 1 unspecified atom stereocenters. The molecular formula is C23H33NO2S. The van der Waals surface area contributed by atoms with E-state index < -0.39 is 5.60 Å². The molecule has 2 aromatic rings. The molecule has 0 saturated carbocycles. The van der Waals surface area contributed by atoms with Gasteiger partial charge in [0.2, 0.25) is 0 Å². The Kier molecular flexibility index (Phi) is 8.55. The molecule has 0 radical (unpaired) electrons. The minimum Gasteiger partial charge on any atom is -0.462 e. The number of nitrogens with zero attached hydrogens (tertiary/aromatic N) is 1. The molecule has 2 aromatic heterocycles. The molecule has 148 valence electrons. The van der Waals surface area contributed by atoms with Crippen molar-refractivity contribution in [2.45, 2.75) is 70.7 Å². The summed E-state index contributed by atoms with van der Waals surface area (Å²) in [4.78, 5) is 3.79. The maximum absolute atomic E-state index is 11.2. The molecule has 27 heavy (non-hydrogen) atoms. The number of furan rings is 1. The second-order valence-corrected chi connectivity index (χ2v) is 8.23. The zero-order chi connectivity index (χ0) is 19.7. The Morgan fingerprint density at radius 2 is 1.89 bits per heavy atom. The van der Waals surface area contributed by atoms with Crippen LogP contribution in [0.5, 0.6) is 0 Å². The Hall–Kier alpha value is -1.62. The highest BCUT2D eigenvalue weighted by Crippen LogP contribution is 2.33. The maximum Gasteiger partial charge on any atom is 0.135 e. The summed E-state index contributed by atoms with van der Waals surface area (Å²) in [5.74, 6) is 1.55. The van der Waals surface area contributed by atoms with E-state index >= 15 is 0 Å². The quantitative estimate of drug-likeness (QED) is 0.412. The first kappa shape index (κ1) is 21.7. The Labute approximate surface area is 168 Å². The fourth-order valence-corrected chi connectivity index (χ4v) is 3.92. The predicted octanol–water partition coefficient (Wildman–Crippen LogP) is 6.26. The third-order valence-corrected chi connectivity index (χ3v) is 6.02. The zero-order valence-corrected chi connectivity index (χ0v) is 17.5. The van der Waals surface area contributed by atoms with Crippen LogP contribution in [0.1, 0.15) is 62.3 Å². The minimum atomic E-state index is -0.963. The average molecular weight is 388 g/mol. The Morgan fingerprint density at radius 3 is 2.44 bits per heavy atom. The molecular weight excluding hydrogens is 354 g/mol. The Balaban J connectivity index is 2.14. The molecule has 0 fully saturated rings. The Bertz CT molecular complexity index is 677. The summed E-state index contributed by atoms with van der Waals surface area (Å²) in [5.41, 5.74) is -0.963. The van der Waals surface area contributed by atoms with E-state index in [1.54, 1.807) is 11.3 Å². The summed E-state index contributed by atoms with van der Waals surface area (Å²) in [6, 6.07) is 8.67. The van der Waals surface area contributed by atoms with Crippen LogP contribution in [0.2, 0.25) is 0 Å². The SMILES string of the molecule is C=CCCC(O)(CCC=C)c1ccc(CN(Cc2cccs2)C(C)CC)o1. The number of hydrogen-bond acceptors (Lipinski definition) is 4. The normalized spacial score (nSPS) is 13.0. The number of hydrogen-bond donors (Lipinski definition) is 1. The first-order valence-electron chi connectivity index (χ1n) is 9.82. The van der Waals surface area contributed by atoms with Crippen LogP contribution >= 0.6 is 11.3 Å².